The Kier molecular flexibility index (Phi) is 5.71. The fourth-order valence-corrected chi connectivity index (χ4v) is 2.89. The maximum absolute atomic E-state index is 12.3. The van der Waals surface area contributed by atoms with Gasteiger partial charge in [-0.05, 0) is 43.9 Å². The van der Waals surface area contributed by atoms with E-state index in [0.717, 1.165) is 24.8 Å². The summed E-state index contributed by atoms with van der Waals surface area (Å²) in [4.78, 5) is 12.3. The number of hydrogen-bond acceptors (Lipinski definition) is 3. The summed E-state index contributed by atoms with van der Waals surface area (Å²) in [5, 5.41) is 2.84. The van der Waals surface area contributed by atoms with Crippen molar-refractivity contribution in [3.8, 4) is 5.75 Å². The van der Waals surface area contributed by atoms with Crippen molar-refractivity contribution in [2.24, 2.45) is 17.6 Å². The van der Waals surface area contributed by atoms with E-state index in [1.165, 1.54) is 0 Å². The maximum atomic E-state index is 12.3. The van der Waals surface area contributed by atoms with Gasteiger partial charge in [-0.3, -0.25) is 4.79 Å². The Morgan fingerprint density at radius 2 is 2.23 bits per heavy atom. The molecule has 3 N–H and O–H groups in total. The van der Waals surface area contributed by atoms with Crippen molar-refractivity contribution in [1.82, 2.24) is 0 Å². The van der Waals surface area contributed by atoms with E-state index in [1.807, 2.05) is 0 Å². The quantitative estimate of drug-likeness (QED) is 0.849. The zero-order chi connectivity index (χ0) is 16.1. The van der Waals surface area contributed by atoms with E-state index >= 15 is 0 Å². The van der Waals surface area contributed by atoms with Crippen LogP contribution in [0.4, 0.5) is 14.5 Å². The Morgan fingerprint density at radius 1 is 1.45 bits per heavy atom. The lowest BCUT2D eigenvalue weighted by molar-refractivity contribution is -0.120. The third-order valence-corrected chi connectivity index (χ3v) is 4.12. The van der Waals surface area contributed by atoms with Crippen molar-refractivity contribution in [3.63, 3.8) is 0 Å². The number of halogens is 2. The highest BCUT2D eigenvalue weighted by atomic mass is 19.3. The van der Waals surface area contributed by atoms with Crippen LogP contribution in [0.15, 0.2) is 18.2 Å². The maximum Gasteiger partial charge on any atom is 0.272 e. The van der Waals surface area contributed by atoms with Crippen LogP contribution >= 0.6 is 0 Å². The summed E-state index contributed by atoms with van der Waals surface area (Å²) in [6, 6.07) is 5.07. The number of carbonyl (C=O) groups excluding carboxylic acids is 1. The molecular weight excluding hydrogens is 290 g/mol. The van der Waals surface area contributed by atoms with Gasteiger partial charge in [-0.15, -0.1) is 0 Å². The summed E-state index contributed by atoms with van der Waals surface area (Å²) in [6.45, 7) is 1.62. The van der Waals surface area contributed by atoms with E-state index in [1.54, 1.807) is 25.1 Å². The molecule has 0 heterocycles. The number of aryl methyl sites for hydroxylation is 1. The SMILES string of the molecule is Cc1ccc(NC(=O)[C@@H]2CCC[C@@H]2CN)cc1OCC(F)F. The van der Waals surface area contributed by atoms with Crippen LogP contribution in [0.3, 0.4) is 0 Å². The summed E-state index contributed by atoms with van der Waals surface area (Å²) in [6.07, 6.45) is 0.303. The first-order valence-electron chi connectivity index (χ1n) is 7.53. The summed E-state index contributed by atoms with van der Waals surface area (Å²) < 4.78 is 29.6. The molecular formula is C16H22F2N2O2. The fraction of sp³-hybridized carbons (Fsp3) is 0.562. The van der Waals surface area contributed by atoms with Gasteiger partial charge in [0.15, 0.2) is 0 Å². The van der Waals surface area contributed by atoms with E-state index in [9.17, 15) is 13.6 Å². The predicted octanol–water partition coefficient (Wildman–Crippen LogP) is 2.95. The lowest BCUT2D eigenvalue weighted by Gasteiger charge is -2.18. The molecule has 2 atom stereocenters. The second-order valence-electron chi connectivity index (χ2n) is 5.70. The molecule has 0 aromatic heterocycles. The number of carbonyl (C=O) groups is 1. The van der Waals surface area contributed by atoms with Gasteiger partial charge < -0.3 is 15.8 Å². The molecule has 1 aromatic rings. The molecule has 0 aliphatic heterocycles. The smallest absolute Gasteiger partial charge is 0.272 e. The summed E-state index contributed by atoms with van der Waals surface area (Å²) >= 11 is 0. The molecule has 0 spiro atoms. The number of ether oxygens (including phenoxy) is 1. The Morgan fingerprint density at radius 3 is 2.91 bits per heavy atom. The van der Waals surface area contributed by atoms with Crippen molar-refractivity contribution in [2.75, 3.05) is 18.5 Å². The molecule has 0 bridgehead atoms. The molecule has 1 amide bonds. The van der Waals surface area contributed by atoms with Gasteiger partial charge in [-0.2, -0.15) is 0 Å². The van der Waals surface area contributed by atoms with Gasteiger partial charge in [0.1, 0.15) is 12.4 Å². The number of rotatable bonds is 6. The third kappa shape index (κ3) is 4.16. The first-order chi connectivity index (χ1) is 10.5. The van der Waals surface area contributed by atoms with E-state index < -0.39 is 13.0 Å². The highest BCUT2D eigenvalue weighted by molar-refractivity contribution is 5.93. The van der Waals surface area contributed by atoms with Gasteiger partial charge in [-0.1, -0.05) is 12.5 Å². The van der Waals surface area contributed by atoms with Gasteiger partial charge in [0, 0.05) is 17.7 Å². The van der Waals surface area contributed by atoms with Crippen molar-refractivity contribution < 1.29 is 18.3 Å². The minimum Gasteiger partial charge on any atom is -0.487 e. The van der Waals surface area contributed by atoms with Crippen LogP contribution in [0.1, 0.15) is 24.8 Å². The largest absolute Gasteiger partial charge is 0.487 e. The Bertz CT molecular complexity index is 523. The van der Waals surface area contributed by atoms with Crippen LogP contribution in [-0.2, 0) is 4.79 Å². The number of alkyl halides is 2. The van der Waals surface area contributed by atoms with Gasteiger partial charge in [0.2, 0.25) is 5.91 Å². The second-order valence-corrected chi connectivity index (χ2v) is 5.70. The van der Waals surface area contributed by atoms with E-state index in [2.05, 4.69) is 5.32 Å². The molecule has 1 aliphatic rings. The molecule has 4 nitrogen and oxygen atoms in total. The van der Waals surface area contributed by atoms with Crippen LogP contribution in [0.5, 0.6) is 5.75 Å². The number of hydrogen-bond donors (Lipinski definition) is 2. The second kappa shape index (κ2) is 7.54. The molecule has 0 unspecified atom stereocenters. The highest BCUT2D eigenvalue weighted by Crippen LogP contribution is 2.32. The number of amides is 1. The normalized spacial score (nSPS) is 21.1. The molecule has 0 saturated heterocycles. The predicted molar refractivity (Wildman–Crippen MR) is 81.2 cm³/mol. The van der Waals surface area contributed by atoms with Crippen molar-refractivity contribution >= 4 is 11.6 Å². The van der Waals surface area contributed by atoms with Crippen LogP contribution in [0.2, 0.25) is 0 Å². The molecule has 1 saturated carbocycles. The Hall–Kier alpha value is -1.69. The fourth-order valence-electron chi connectivity index (χ4n) is 2.89. The Balaban J connectivity index is 2.03. The van der Waals surface area contributed by atoms with Gasteiger partial charge in [0.25, 0.3) is 6.43 Å². The molecule has 22 heavy (non-hydrogen) atoms. The van der Waals surface area contributed by atoms with E-state index in [-0.39, 0.29) is 17.7 Å². The molecule has 122 valence electrons. The average molecular weight is 312 g/mol. The number of nitrogens with two attached hydrogens (primary N) is 1. The average Bonchev–Trinajstić information content (AvgIpc) is 2.96. The number of benzene rings is 1. The van der Waals surface area contributed by atoms with Crippen molar-refractivity contribution in [1.29, 1.82) is 0 Å². The number of nitrogens with one attached hydrogen (secondary N) is 1. The molecule has 0 radical (unpaired) electrons. The highest BCUT2D eigenvalue weighted by Gasteiger charge is 2.31. The molecule has 6 heteroatoms. The first kappa shape index (κ1) is 16.7. The number of anilines is 1. The lowest BCUT2D eigenvalue weighted by Crippen LogP contribution is -2.29. The molecule has 2 rings (SSSR count). The van der Waals surface area contributed by atoms with E-state index in [0.29, 0.717) is 18.0 Å². The zero-order valence-corrected chi connectivity index (χ0v) is 12.6. The van der Waals surface area contributed by atoms with Crippen LogP contribution in [0.25, 0.3) is 0 Å². The summed E-state index contributed by atoms with van der Waals surface area (Å²) in [5.41, 5.74) is 7.00. The van der Waals surface area contributed by atoms with Crippen molar-refractivity contribution in [3.05, 3.63) is 23.8 Å². The van der Waals surface area contributed by atoms with E-state index in [4.69, 9.17) is 10.5 Å². The minimum absolute atomic E-state index is 0.0587. The molecule has 1 fully saturated rings. The topological polar surface area (TPSA) is 64.4 Å². The Labute approximate surface area is 129 Å². The van der Waals surface area contributed by atoms with Crippen LogP contribution < -0.4 is 15.8 Å². The monoisotopic (exact) mass is 312 g/mol. The molecule has 1 aromatic carbocycles. The van der Waals surface area contributed by atoms with Gasteiger partial charge in [-0.25, -0.2) is 8.78 Å². The summed E-state index contributed by atoms with van der Waals surface area (Å²) in [7, 11) is 0. The molecule has 1 aliphatic carbocycles. The standard InChI is InChI=1S/C16H22F2N2O2/c1-10-5-6-12(7-14(10)22-9-15(17)18)20-16(21)13-4-2-3-11(13)8-19/h5-7,11,13,15H,2-4,8-9,19H2,1H3,(H,20,21)/t11-,13-/m1/s1. The van der Waals surface area contributed by atoms with Crippen LogP contribution in [-0.4, -0.2) is 25.5 Å². The summed E-state index contributed by atoms with van der Waals surface area (Å²) in [5.74, 6) is 0.452. The zero-order valence-electron chi connectivity index (χ0n) is 12.6. The van der Waals surface area contributed by atoms with Gasteiger partial charge in [0.05, 0.1) is 0 Å². The third-order valence-electron chi connectivity index (χ3n) is 4.12. The lowest BCUT2D eigenvalue weighted by atomic mass is 9.95. The van der Waals surface area contributed by atoms with Crippen LogP contribution in [0, 0.1) is 18.8 Å². The minimum atomic E-state index is -2.53. The first-order valence-corrected chi connectivity index (χ1v) is 7.53. The van der Waals surface area contributed by atoms with Crippen molar-refractivity contribution in [2.45, 2.75) is 32.6 Å². The van der Waals surface area contributed by atoms with Gasteiger partial charge >= 0.3 is 0 Å².